The van der Waals surface area contributed by atoms with Crippen LogP contribution in [0.4, 0.5) is 5.82 Å². The minimum atomic E-state index is 0.946. The number of aryl methyl sites for hydroxylation is 2. The molecule has 0 aliphatic carbocycles. The van der Waals surface area contributed by atoms with E-state index >= 15 is 0 Å². The van der Waals surface area contributed by atoms with Crippen molar-refractivity contribution in [2.45, 2.75) is 6.92 Å². The van der Waals surface area contributed by atoms with Gasteiger partial charge in [0.25, 0.3) is 0 Å². The number of benzene rings is 1. The number of nitrogens with zero attached hydrogens (tertiary/aromatic N) is 2. The average Bonchev–Trinajstić information content (AvgIpc) is 2.42. The van der Waals surface area contributed by atoms with Crippen molar-refractivity contribution in [3.63, 3.8) is 0 Å². The van der Waals surface area contributed by atoms with Gasteiger partial charge < -0.3 is 5.32 Å². The topological polar surface area (TPSA) is 29.9 Å². The van der Waals surface area contributed by atoms with Crippen LogP contribution in [0.1, 0.15) is 5.56 Å². The normalized spacial score (nSPS) is 10.7. The SMILES string of the molecule is CNc1nn(C)c2ccc(C)cc12. The quantitative estimate of drug-likeness (QED) is 0.717. The number of rotatable bonds is 1. The molecule has 3 heteroatoms. The summed E-state index contributed by atoms with van der Waals surface area (Å²) in [6.45, 7) is 2.09. The monoisotopic (exact) mass is 175 g/mol. The lowest BCUT2D eigenvalue weighted by atomic mass is 10.2. The summed E-state index contributed by atoms with van der Waals surface area (Å²) in [5.74, 6) is 0.946. The van der Waals surface area contributed by atoms with Gasteiger partial charge in [0.2, 0.25) is 0 Å². The summed E-state index contributed by atoms with van der Waals surface area (Å²) in [7, 11) is 3.85. The summed E-state index contributed by atoms with van der Waals surface area (Å²) in [6, 6.07) is 6.34. The highest BCUT2D eigenvalue weighted by Gasteiger charge is 2.05. The summed E-state index contributed by atoms with van der Waals surface area (Å²) < 4.78 is 1.89. The van der Waals surface area contributed by atoms with Crippen molar-refractivity contribution < 1.29 is 0 Å². The van der Waals surface area contributed by atoms with E-state index in [0.717, 1.165) is 11.3 Å². The van der Waals surface area contributed by atoms with E-state index in [4.69, 9.17) is 0 Å². The Labute approximate surface area is 77.4 Å². The van der Waals surface area contributed by atoms with Crippen LogP contribution in [0.2, 0.25) is 0 Å². The van der Waals surface area contributed by atoms with Crippen LogP contribution >= 0.6 is 0 Å². The van der Waals surface area contributed by atoms with Gasteiger partial charge in [0.05, 0.1) is 5.52 Å². The molecule has 1 heterocycles. The molecule has 0 atom stereocenters. The predicted octanol–water partition coefficient (Wildman–Crippen LogP) is 1.92. The lowest BCUT2D eigenvalue weighted by Crippen LogP contribution is -1.92. The van der Waals surface area contributed by atoms with Gasteiger partial charge in [-0.05, 0) is 19.1 Å². The lowest BCUT2D eigenvalue weighted by Gasteiger charge is -1.95. The number of anilines is 1. The van der Waals surface area contributed by atoms with Crippen molar-refractivity contribution in [1.29, 1.82) is 0 Å². The third kappa shape index (κ3) is 1.16. The van der Waals surface area contributed by atoms with Gasteiger partial charge in [0.15, 0.2) is 5.82 Å². The van der Waals surface area contributed by atoms with E-state index in [2.05, 4.69) is 35.5 Å². The van der Waals surface area contributed by atoms with Gasteiger partial charge in [-0.15, -0.1) is 0 Å². The molecule has 0 saturated carbocycles. The van der Waals surface area contributed by atoms with Crippen LogP contribution in [-0.4, -0.2) is 16.8 Å². The van der Waals surface area contributed by atoms with Crippen molar-refractivity contribution in [3.05, 3.63) is 23.8 Å². The maximum absolute atomic E-state index is 4.35. The van der Waals surface area contributed by atoms with Gasteiger partial charge in [0, 0.05) is 19.5 Å². The second-order valence-electron chi connectivity index (χ2n) is 3.24. The fourth-order valence-corrected chi connectivity index (χ4v) is 1.56. The summed E-state index contributed by atoms with van der Waals surface area (Å²) in [4.78, 5) is 0. The Kier molecular flexibility index (Phi) is 1.72. The van der Waals surface area contributed by atoms with Gasteiger partial charge >= 0.3 is 0 Å². The molecule has 1 N–H and O–H groups in total. The van der Waals surface area contributed by atoms with E-state index in [-0.39, 0.29) is 0 Å². The first kappa shape index (κ1) is 8.10. The van der Waals surface area contributed by atoms with E-state index in [1.165, 1.54) is 10.9 Å². The summed E-state index contributed by atoms with van der Waals surface area (Å²) in [5, 5.41) is 8.63. The molecule has 0 fully saturated rings. The Morgan fingerprint density at radius 3 is 2.85 bits per heavy atom. The van der Waals surface area contributed by atoms with Gasteiger partial charge in [-0.2, -0.15) is 5.10 Å². The fourth-order valence-electron chi connectivity index (χ4n) is 1.56. The molecule has 0 radical (unpaired) electrons. The molecule has 0 aliphatic heterocycles. The van der Waals surface area contributed by atoms with E-state index in [1.807, 2.05) is 18.8 Å². The van der Waals surface area contributed by atoms with Crippen LogP contribution in [0.5, 0.6) is 0 Å². The van der Waals surface area contributed by atoms with Crippen LogP contribution in [0.25, 0.3) is 10.9 Å². The van der Waals surface area contributed by atoms with Gasteiger partial charge in [-0.1, -0.05) is 11.6 Å². The lowest BCUT2D eigenvalue weighted by molar-refractivity contribution is 0.800. The minimum absolute atomic E-state index is 0.946. The maximum Gasteiger partial charge on any atom is 0.155 e. The summed E-state index contributed by atoms with van der Waals surface area (Å²) in [6.07, 6.45) is 0. The molecular formula is C10H13N3. The zero-order chi connectivity index (χ0) is 9.42. The summed E-state index contributed by atoms with van der Waals surface area (Å²) in [5.41, 5.74) is 2.42. The molecule has 0 amide bonds. The molecule has 0 spiro atoms. The third-order valence-corrected chi connectivity index (χ3v) is 2.24. The molecule has 0 aliphatic rings. The Morgan fingerprint density at radius 1 is 1.38 bits per heavy atom. The number of fused-ring (bicyclic) bond motifs is 1. The molecule has 68 valence electrons. The van der Waals surface area contributed by atoms with Gasteiger partial charge in [-0.25, -0.2) is 0 Å². The maximum atomic E-state index is 4.35. The van der Waals surface area contributed by atoms with Crippen molar-refractivity contribution in [2.75, 3.05) is 12.4 Å². The largest absolute Gasteiger partial charge is 0.371 e. The Balaban J connectivity index is 2.81. The van der Waals surface area contributed by atoms with E-state index in [0.29, 0.717) is 0 Å². The third-order valence-electron chi connectivity index (χ3n) is 2.24. The molecular weight excluding hydrogens is 162 g/mol. The molecule has 3 nitrogen and oxygen atoms in total. The van der Waals surface area contributed by atoms with Crippen molar-refractivity contribution in [3.8, 4) is 0 Å². The number of nitrogens with one attached hydrogen (secondary N) is 1. The number of aromatic nitrogens is 2. The van der Waals surface area contributed by atoms with Crippen LogP contribution in [0, 0.1) is 6.92 Å². The van der Waals surface area contributed by atoms with Crippen molar-refractivity contribution in [2.24, 2.45) is 7.05 Å². The average molecular weight is 175 g/mol. The molecule has 1 aromatic carbocycles. The highest BCUT2D eigenvalue weighted by Crippen LogP contribution is 2.22. The van der Waals surface area contributed by atoms with Crippen molar-refractivity contribution in [1.82, 2.24) is 9.78 Å². The van der Waals surface area contributed by atoms with E-state index < -0.39 is 0 Å². The molecule has 2 rings (SSSR count). The standard InChI is InChI=1S/C10H13N3/c1-7-4-5-9-8(6-7)10(11-2)12-13(9)3/h4-6H,1-3H3,(H,11,12). The zero-order valence-corrected chi connectivity index (χ0v) is 8.13. The van der Waals surface area contributed by atoms with Crippen molar-refractivity contribution >= 4 is 16.7 Å². The van der Waals surface area contributed by atoms with Crippen LogP contribution < -0.4 is 5.32 Å². The smallest absolute Gasteiger partial charge is 0.155 e. The van der Waals surface area contributed by atoms with E-state index in [1.54, 1.807) is 0 Å². The molecule has 13 heavy (non-hydrogen) atoms. The van der Waals surface area contributed by atoms with Crippen LogP contribution in [0.15, 0.2) is 18.2 Å². The molecule has 2 aromatic rings. The van der Waals surface area contributed by atoms with Gasteiger partial charge in [0.1, 0.15) is 0 Å². The van der Waals surface area contributed by atoms with Gasteiger partial charge in [-0.3, -0.25) is 4.68 Å². The van der Waals surface area contributed by atoms with Crippen LogP contribution in [0.3, 0.4) is 0 Å². The Hall–Kier alpha value is -1.51. The number of hydrogen-bond acceptors (Lipinski definition) is 2. The first-order valence-electron chi connectivity index (χ1n) is 4.33. The highest BCUT2D eigenvalue weighted by molar-refractivity contribution is 5.90. The first-order chi connectivity index (χ1) is 6.22. The predicted molar refractivity (Wildman–Crippen MR) is 55.0 cm³/mol. The van der Waals surface area contributed by atoms with E-state index in [9.17, 15) is 0 Å². The zero-order valence-electron chi connectivity index (χ0n) is 8.13. The second-order valence-corrected chi connectivity index (χ2v) is 3.24. The number of hydrogen-bond donors (Lipinski definition) is 1. The highest BCUT2D eigenvalue weighted by atomic mass is 15.3. The molecule has 0 saturated heterocycles. The Morgan fingerprint density at radius 2 is 2.15 bits per heavy atom. The second kappa shape index (κ2) is 2.76. The minimum Gasteiger partial charge on any atom is -0.371 e. The fraction of sp³-hybridized carbons (Fsp3) is 0.300. The first-order valence-corrected chi connectivity index (χ1v) is 4.33. The molecule has 0 bridgehead atoms. The molecule has 0 unspecified atom stereocenters. The van der Waals surface area contributed by atoms with Crippen LogP contribution in [-0.2, 0) is 7.05 Å². The molecule has 1 aromatic heterocycles. The Bertz CT molecular complexity index is 443. The summed E-state index contributed by atoms with van der Waals surface area (Å²) >= 11 is 0.